The SMILES string of the molecule is COc1ccc(C(=O)OCC(=O)N(C)[C@@H]2CCS(=O)(=O)C2)cc1S(=O)(=O)N1CCCc2ccccc21. The molecule has 1 amide bonds. The summed E-state index contributed by atoms with van der Waals surface area (Å²) in [6.45, 7) is -0.311. The number of rotatable bonds is 7. The van der Waals surface area contributed by atoms with E-state index in [1.807, 2.05) is 12.1 Å². The van der Waals surface area contributed by atoms with E-state index in [2.05, 4.69) is 0 Å². The molecule has 2 aromatic carbocycles. The molecule has 0 unspecified atom stereocenters. The standard InChI is InChI=1S/C24H28N2O8S2/c1-25(19-11-13-35(29,30)16-19)23(27)15-34-24(28)18-9-10-21(33-2)22(14-18)36(31,32)26-12-5-7-17-6-3-4-8-20(17)26/h3-4,6,8-10,14,19H,5,7,11-13,15-16H2,1-2H3/t19-/m1/s1. The fourth-order valence-corrected chi connectivity index (χ4v) is 7.97. The first-order chi connectivity index (χ1) is 17.0. The molecule has 0 bridgehead atoms. The Bertz CT molecular complexity index is 1390. The van der Waals surface area contributed by atoms with Crippen LogP contribution in [-0.4, -0.2) is 78.5 Å². The van der Waals surface area contributed by atoms with Crippen molar-refractivity contribution in [1.29, 1.82) is 0 Å². The zero-order valence-corrected chi connectivity index (χ0v) is 21.7. The van der Waals surface area contributed by atoms with Gasteiger partial charge in [-0.3, -0.25) is 9.10 Å². The average Bonchev–Trinajstić information content (AvgIpc) is 3.25. The lowest BCUT2D eigenvalue weighted by Crippen LogP contribution is -2.40. The van der Waals surface area contributed by atoms with Crippen LogP contribution in [0.5, 0.6) is 5.75 Å². The van der Waals surface area contributed by atoms with Gasteiger partial charge in [-0.15, -0.1) is 0 Å². The van der Waals surface area contributed by atoms with Crippen molar-refractivity contribution in [3.05, 3.63) is 53.6 Å². The fraction of sp³-hybridized carbons (Fsp3) is 0.417. The number of aryl methyl sites for hydroxylation is 1. The summed E-state index contributed by atoms with van der Waals surface area (Å²) in [6.07, 6.45) is 1.75. The van der Waals surface area contributed by atoms with E-state index in [4.69, 9.17) is 9.47 Å². The Morgan fingerprint density at radius 1 is 1.17 bits per heavy atom. The Morgan fingerprint density at radius 3 is 2.61 bits per heavy atom. The molecule has 194 valence electrons. The van der Waals surface area contributed by atoms with Crippen molar-refractivity contribution in [3.8, 4) is 5.75 Å². The monoisotopic (exact) mass is 536 g/mol. The molecule has 2 aliphatic rings. The molecule has 1 atom stereocenters. The molecule has 2 aromatic rings. The van der Waals surface area contributed by atoms with Crippen LogP contribution in [0.25, 0.3) is 0 Å². The van der Waals surface area contributed by atoms with Crippen molar-refractivity contribution in [2.24, 2.45) is 0 Å². The third kappa shape index (κ3) is 5.19. The van der Waals surface area contributed by atoms with E-state index in [0.29, 0.717) is 18.5 Å². The van der Waals surface area contributed by atoms with E-state index >= 15 is 0 Å². The summed E-state index contributed by atoms with van der Waals surface area (Å²) in [5, 5.41) is 0. The van der Waals surface area contributed by atoms with Gasteiger partial charge in [-0.25, -0.2) is 21.6 Å². The predicted molar refractivity (Wildman–Crippen MR) is 132 cm³/mol. The van der Waals surface area contributed by atoms with Crippen LogP contribution in [0.2, 0.25) is 0 Å². The quantitative estimate of drug-likeness (QED) is 0.489. The Kier molecular flexibility index (Phi) is 7.28. The van der Waals surface area contributed by atoms with Gasteiger partial charge in [0.1, 0.15) is 10.6 Å². The highest BCUT2D eigenvalue weighted by atomic mass is 32.2. The maximum atomic E-state index is 13.6. The first-order valence-corrected chi connectivity index (χ1v) is 14.7. The number of carbonyl (C=O) groups is 2. The summed E-state index contributed by atoms with van der Waals surface area (Å²) in [6, 6.07) is 10.7. The van der Waals surface area contributed by atoms with Crippen molar-refractivity contribution in [3.63, 3.8) is 0 Å². The van der Waals surface area contributed by atoms with Crippen LogP contribution in [-0.2, 0) is 35.8 Å². The molecule has 1 saturated heterocycles. The molecular formula is C24H28N2O8S2. The molecular weight excluding hydrogens is 508 g/mol. The second-order valence-electron chi connectivity index (χ2n) is 8.81. The Labute approximate surface area is 210 Å². The van der Waals surface area contributed by atoms with E-state index in [0.717, 1.165) is 12.0 Å². The Hall–Kier alpha value is -3.12. The molecule has 1 fully saturated rings. The van der Waals surface area contributed by atoms with Crippen LogP contribution in [0, 0.1) is 0 Å². The second-order valence-corrected chi connectivity index (χ2v) is 12.9. The summed E-state index contributed by atoms with van der Waals surface area (Å²) in [4.78, 5) is 26.3. The van der Waals surface area contributed by atoms with Crippen LogP contribution in [0.1, 0.15) is 28.8 Å². The molecule has 12 heteroatoms. The smallest absolute Gasteiger partial charge is 0.338 e. The molecule has 0 spiro atoms. The zero-order valence-electron chi connectivity index (χ0n) is 20.0. The van der Waals surface area contributed by atoms with Crippen molar-refractivity contribution >= 4 is 37.4 Å². The number of fused-ring (bicyclic) bond motifs is 1. The van der Waals surface area contributed by atoms with Crippen LogP contribution in [0.3, 0.4) is 0 Å². The molecule has 0 radical (unpaired) electrons. The molecule has 2 aliphatic heterocycles. The van der Waals surface area contributed by atoms with E-state index in [9.17, 15) is 26.4 Å². The molecule has 0 N–H and O–H groups in total. The van der Waals surface area contributed by atoms with Gasteiger partial charge in [0.05, 0.1) is 29.9 Å². The number of hydrogen-bond acceptors (Lipinski definition) is 8. The van der Waals surface area contributed by atoms with Crippen LogP contribution < -0.4 is 9.04 Å². The van der Waals surface area contributed by atoms with E-state index in [1.165, 1.54) is 41.6 Å². The van der Waals surface area contributed by atoms with Crippen LogP contribution in [0.15, 0.2) is 47.4 Å². The van der Waals surface area contributed by atoms with Crippen molar-refractivity contribution in [2.75, 3.05) is 43.1 Å². The van der Waals surface area contributed by atoms with Crippen molar-refractivity contribution < 1.29 is 35.9 Å². The lowest BCUT2D eigenvalue weighted by atomic mass is 10.0. The molecule has 0 aromatic heterocycles. The number of anilines is 1. The molecule has 0 aliphatic carbocycles. The number of sulfonamides is 1. The number of hydrogen-bond donors (Lipinski definition) is 0. The lowest BCUT2D eigenvalue weighted by Gasteiger charge is -2.31. The number of methoxy groups -OCH3 is 1. The maximum Gasteiger partial charge on any atom is 0.338 e. The van der Waals surface area contributed by atoms with Gasteiger partial charge in [0, 0.05) is 19.6 Å². The highest BCUT2D eigenvalue weighted by Gasteiger charge is 2.34. The highest BCUT2D eigenvalue weighted by Crippen LogP contribution is 2.35. The van der Waals surface area contributed by atoms with Gasteiger partial charge in [0.2, 0.25) is 0 Å². The third-order valence-corrected chi connectivity index (χ3v) is 10.1. The first kappa shape index (κ1) is 26.0. The topological polar surface area (TPSA) is 127 Å². The number of amides is 1. The minimum atomic E-state index is -4.07. The average molecular weight is 537 g/mol. The van der Waals surface area contributed by atoms with Gasteiger partial charge in [-0.1, -0.05) is 18.2 Å². The van der Waals surface area contributed by atoms with E-state index in [1.54, 1.807) is 12.1 Å². The lowest BCUT2D eigenvalue weighted by molar-refractivity contribution is -0.134. The van der Waals surface area contributed by atoms with Gasteiger partial charge < -0.3 is 14.4 Å². The molecule has 4 rings (SSSR count). The number of nitrogens with zero attached hydrogens (tertiary/aromatic N) is 2. The third-order valence-electron chi connectivity index (χ3n) is 6.51. The number of para-hydroxylation sites is 1. The summed E-state index contributed by atoms with van der Waals surface area (Å²) < 4.78 is 62.4. The largest absolute Gasteiger partial charge is 0.495 e. The predicted octanol–water partition coefficient (Wildman–Crippen LogP) is 1.64. The number of likely N-dealkylation sites (N-methyl/N-ethyl adjacent to an activating group) is 1. The number of esters is 1. The number of benzene rings is 2. The van der Waals surface area contributed by atoms with Crippen molar-refractivity contribution in [2.45, 2.75) is 30.2 Å². The summed E-state index contributed by atoms with van der Waals surface area (Å²) in [5.41, 5.74) is 1.44. The van der Waals surface area contributed by atoms with E-state index < -0.39 is 44.4 Å². The fourth-order valence-electron chi connectivity index (χ4n) is 4.47. The van der Waals surface area contributed by atoms with Gasteiger partial charge in [0.15, 0.2) is 16.4 Å². The van der Waals surface area contributed by atoms with Crippen LogP contribution in [0.4, 0.5) is 5.69 Å². The first-order valence-electron chi connectivity index (χ1n) is 11.5. The number of carbonyl (C=O) groups excluding carboxylic acids is 2. The van der Waals surface area contributed by atoms with E-state index in [-0.39, 0.29) is 34.3 Å². The maximum absolute atomic E-state index is 13.6. The normalized spacial score (nSPS) is 18.8. The van der Waals surface area contributed by atoms with Gasteiger partial charge in [-0.05, 0) is 49.1 Å². The molecule has 36 heavy (non-hydrogen) atoms. The highest BCUT2D eigenvalue weighted by molar-refractivity contribution is 7.93. The van der Waals surface area contributed by atoms with Crippen molar-refractivity contribution in [1.82, 2.24) is 4.90 Å². The number of sulfone groups is 1. The summed E-state index contributed by atoms with van der Waals surface area (Å²) >= 11 is 0. The van der Waals surface area contributed by atoms with Gasteiger partial charge in [-0.2, -0.15) is 0 Å². The van der Waals surface area contributed by atoms with Crippen LogP contribution >= 0.6 is 0 Å². The summed E-state index contributed by atoms with van der Waals surface area (Å²) in [5.74, 6) is -1.46. The Morgan fingerprint density at radius 2 is 1.92 bits per heavy atom. The zero-order chi connectivity index (χ0) is 26.1. The molecule has 0 saturated carbocycles. The van der Waals surface area contributed by atoms with Gasteiger partial charge >= 0.3 is 5.97 Å². The Balaban J connectivity index is 1.52. The minimum absolute atomic E-state index is 0.0136. The molecule has 2 heterocycles. The minimum Gasteiger partial charge on any atom is -0.495 e. The number of ether oxygens (including phenoxy) is 2. The second kappa shape index (κ2) is 10.1. The van der Waals surface area contributed by atoms with Gasteiger partial charge in [0.25, 0.3) is 15.9 Å². The molecule has 10 nitrogen and oxygen atoms in total. The summed E-state index contributed by atoms with van der Waals surface area (Å²) in [7, 11) is -4.44.